The van der Waals surface area contributed by atoms with Crippen molar-refractivity contribution in [1.82, 2.24) is 30.6 Å². The number of tetrazole rings is 1. The lowest BCUT2D eigenvalue weighted by Crippen LogP contribution is -2.26. The third-order valence-electron chi connectivity index (χ3n) is 5.59. The van der Waals surface area contributed by atoms with Gasteiger partial charge in [-0.1, -0.05) is 36.4 Å². The summed E-state index contributed by atoms with van der Waals surface area (Å²) in [7, 11) is 0. The average Bonchev–Trinajstić information content (AvgIpc) is 3.51. The summed E-state index contributed by atoms with van der Waals surface area (Å²) in [5.41, 5.74) is 3.83. The second-order valence-corrected chi connectivity index (χ2v) is 7.66. The van der Waals surface area contributed by atoms with Gasteiger partial charge in [-0.05, 0) is 47.9 Å². The van der Waals surface area contributed by atoms with E-state index >= 15 is 0 Å². The molecule has 11 heteroatoms. The van der Waals surface area contributed by atoms with Gasteiger partial charge < -0.3 is 0 Å². The van der Waals surface area contributed by atoms with Gasteiger partial charge in [0.25, 0.3) is 11.6 Å². The summed E-state index contributed by atoms with van der Waals surface area (Å²) in [4.78, 5) is 25.5. The van der Waals surface area contributed by atoms with E-state index in [-0.39, 0.29) is 17.4 Å². The molecule has 1 aromatic heterocycles. The highest BCUT2D eigenvalue weighted by Gasteiger charge is 2.26. The summed E-state index contributed by atoms with van der Waals surface area (Å²) in [6, 6.07) is 14.5. The Morgan fingerprint density at radius 3 is 2.79 bits per heavy atom. The molecule has 1 aliphatic heterocycles. The Labute approximate surface area is 189 Å². The number of aromatic nitrogens is 4. The van der Waals surface area contributed by atoms with Gasteiger partial charge in [-0.3, -0.25) is 25.0 Å². The first-order valence-electron chi connectivity index (χ1n) is 10.5. The predicted octanol–water partition coefficient (Wildman–Crippen LogP) is 2.47. The molecular weight excluding hydrogens is 426 g/mol. The van der Waals surface area contributed by atoms with Gasteiger partial charge in [0, 0.05) is 31.1 Å². The number of amides is 1. The van der Waals surface area contributed by atoms with E-state index in [2.05, 4.69) is 20.3 Å². The maximum Gasteiger partial charge on any atom is 0.296 e. The number of benzene rings is 2. The molecule has 0 spiro atoms. The minimum absolute atomic E-state index is 0.0728. The molecule has 1 fully saturated rings. The van der Waals surface area contributed by atoms with Gasteiger partial charge in [0.05, 0.1) is 4.92 Å². The van der Waals surface area contributed by atoms with E-state index in [9.17, 15) is 14.9 Å². The number of hydrogen-bond donors (Lipinski definition) is 2. The number of hydroxylamine groups is 1. The van der Waals surface area contributed by atoms with Gasteiger partial charge in [-0.25, -0.2) is 5.48 Å². The Bertz CT molecular complexity index is 1160. The highest BCUT2D eigenvalue weighted by atomic mass is 16.6. The normalized spacial score (nSPS) is 16.3. The van der Waals surface area contributed by atoms with Crippen LogP contribution in [0.1, 0.15) is 35.8 Å². The number of carbonyl (C=O) groups is 1. The second-order valence-electron chi connectivity index (χ2n) is 7.66. The quantitative estimate of drug-likeness (QED) is 0.231. The number of likely N-dealkylation sites (tertiary alicyclic amines) is 1. The van der Waals surface area contributed by atoms with Crippen LogP contribution in [0.25, 0.3) is 11.8 Å². The molecule has 2 aromatic carbocycles. The monoisotopic (exact) mass is 449 g/mol. The topological polar surface area (TPSA) is 139 Å². The van der Waals surface area contributed by atoms with Crippen LogP contribution in [0.5, 0.6) is 0 Å². The molecule has 33 heavy (non-hydrogen) atoms. The van der Waals surface area contributed by atoms with Gasteiger partial charge >= 0.3 is 0 Å². The lowest BCUT2D eigenvalue weighted by atomic mass is 10.0. The molecule has 0 radical (unpaired) electrons. The van der Waals surface area contributed by atoms with E-state index < -0.39 is 10.8 Å². The smallest absolute Gasteiger partial charge is 0.296 e. The summed E-state index contributed by atoms with van der Waals surface area (Å²) in [5.74, 6) is -0.0464. The number of hydrogen-bond acceptors (Lipinski definition) is 8. The molecule has 0 saturated carbocycles. The van der Waals surface area contributed by atoms with Gasteiger partial charge in [-0.2, -0.15) is 0 Å². The van der Waals surface area contributed by atoms with Crippen molar-refractivity contribution >= 4 is 17.7 Å². The fraction of sp³-hybridized carbons (Fsp3) is 0.273. The van der Waals surface area contributed by atoms with E-state index in [1.165, 1.54) is 22.5 Å². The zero-order valence-corrected chi connectivity index (χ0v) is 17.7. The Hall–Kier alpha value is -3.96. The molecule has 1 amide bonds. The van der Waals surface area contributed by atoms with Crippen LogP contribution >= 0.6 is 0 Å². The summed E-state index contributed by atoms with van der Waals surface area (Å²) in [6.45, 7) is 1.70. The van der Waals surface area contributed by atoms with Crippen molar-refractivity contribution in [3.63, 3.8) is 0 Å². The molecule has 0 aliphatic carbocycles. The molecule has 3 aromatic rings. The van der Waals surface area contributed by atoms with Crippen molar-refractivity contribution in [2.45, 2.75) is 25.3 Å². The van der Waals surface area contributed by atoms with Crippen molar-refractivity contribution in [1.29, 1.82) is 0 Å². The maximum atomic E-state index is 11.3. The van der Waals surface area contributed by atoms with Crippen LogP contribution in [0.2, 0.25) is 0 Å². The fourth-order valence-electron chi connectivity index (χ4n) is 3.99. The number of nitrogens with zero attached hydrogens (tertiary/aromatic N) is 6. The fourth-order valence-corrected chi connectivity index (χ4v) is 3.99. The molecule has 1 aliphatic rings. The zero-order chi connectivity index (χ0) is 23.2. The lowest BCUT2D eigenvalue weighted by Gasteiger charge is -2.24. The zero-order valence-electron chi connectivity index (χ0n) is 17.7. The van der Waals surface area contributed by atoms with E-state index in [1.807, 2.05) is 24.3 Å². The Balaban J connectivity index is 1.40. The van der Waals surface area contributed by atoms with E-state index in [0.717, 1.165) is 31.5 Å². The first-order valence-corrected chi connectivity index (χ1v) is 10.5. The maximum absolute atomic E-state index is 11.3. The van der Waals surface area contributed by atoms with Crippen molar-refractivity contribution in [3.8, 4) is 5.69 Å². The molecule has 2 heterocycles. The van der Waals surface area contributed by atoms with Crippen molar-refractivity contribution < 1.29 is 14.9 Å². The largest absolute Gasteiger partial charge is 0.296 e. The summed E-state index contributed by atoms with van der Waals surface area (Å²) < 4.78 is 0. The average molecular weight is 449 g/mol. The summed E-state index contributed by atoms with van der Waals surface area (Å²) >= 11 is 0. The Morgan fingerprint density at radius 1 is 1.24 bits per heavy atom. The van der Waals surface area contributed by atoms with Crippen LogP contribution in [0.4, 0.5) is 5.69 Å². The van der Waals surface area contributed by atoms with Crippen LogP contribution in [-0.4, -0.2) is 54.2 Å². The summed E-state index contributed by atoms with van der Waals surface area (Å²) in [6.07, 6.45) is 5.60. The lowest BCUT2D eigenvalue weighted by molar-refractivity contribution is -0.384. The number of nitro groups is 1. The number of carbonyl (C=O) groups excluding carboxylic acids is 1. The molecule has 170 valence electrons. The summed E-state index contributed by atoms with van der Waals surface area (Å²) in [5, 5.41) is 32.2. The second kappa shape index (κ2) is 10.1. The molecule has 1 atom stereocenters. The van der Waals surface area contributed by atoms with Crippen LogP contribution in [0, 0.1) is 10.1 Å². The molecule has 1 saturated heterocycles. The molecular formula is C22H23N7O4. The van der Waals surface area contributed by atoms with Crippen LogP contribution in [0.15, 0.2) is 54.6 Å². The highest BCUT2D eigenvalue weighted by molar-refractivity contribution is 5.90. The first-order chi connectivity index (χ1) is 16.0. The number of rotatable bonds is 8. The standard InChI is InChI=1S/C22H23N7O4/c30-22(25-31)12-9-16-7-10-17(11-8-16)18-6-3-14-27(18)15-13-21-23-26-28(24-21)19-4-1-2-5-20(19)29(32)33/h1-2,4-5,7-12,18,31H,3,6,13-15H2,(H,25,30). The van der Waals surface area contributed by atoms with Crippen LogP contribution in [-0.2, 0) is 11.2 Å². The minimum atomic E-state index is -0.576. The third kappa shape index (κ3) is 5.27. The van der Waals surface area contributed by atoms with E-state index in [4.69, 9.17) is 5.21 Å². The number of para-hydroxylation sites is 2. The Kier molecular flexibility index (Phi) is 6.81. The van der Waals surface area contributed by atoms with E-state index in [0.29, 0.717) is 12.2 Å². The van der Waals surface area contributed by atoms with Crippen LogP contribution in [0.3, 0.4) is 0 Å². The number of nitrogens with one attached hydrogen (secondary N) is 1. The van der Waals surface area contributed by atoms with Crippen LogP contribution < -0.4 is 5.48 Å². The molecule has 2 N–H and O–H groups in total. The van der Waals surface area contributed by atoms with Gasteiger partial charge in [-0.15, -0.1) is 15.0 Å². The highest BCUT2D eigenvalue weighted by Crippen LogP contribution is 2.32. The predicted molar refractivity (Wildman–Crippen MR) is 118 cm³/mol. The van der Waals surface area contributed by atoms with Crippen molar-refractivity contribution in [3.05, 3.63) is 81.7 Å². The molecule has 1 unspecified atom stereocenters. The van der Waals surface area contributed by atoms with Crippen molar-refractivity contribution in [2.24, 2.45) is 0 Å². The third-order valence-corrected chi connectivity index (χ3v) is 5.59. The number of nitro benzene ring substituents is 1. The Morgan fingerprint density at radius 2 is 2.03 bits per heavy atom. The van der Waals surface area contributed by atoms with Crippen molar-refractivity contribution in [2.75, 3.05) is 13.1 Å². The van der Waals surface area contributed by atoms with E-state index in [1.54, 1.807) is 29.8 Å². The molecule has 11 nitrogen and oxygen atoms in total. The molecule has 0 bridgehead atoms. The minimum Gasteiger partial charge on any atom is -0.296 e. The van der Waals surface area contributed by atoms with Gasteiger partial charge in [0.1, 0.15) is 0 Å². The van der Waals surface area contributed by atoms with Gasteiger partial charge in [0.15, 0.2) is 11.5 Å². The van der Waals surface area contributed by atoms with Gasteiger partial charge in [0.2, 0.25) is 0 Å². The molecule has 4 rings (SSSR count). The SMILES string of the molecule is O=C(C=Cc1ccc(C2CCCN2CCc2nnn(-c3ccccc3[N+](=O)[O-])n2)cc1)NO. The first kappa shape index (κ1) is 22.2.